The fourth-order valence-corrected chi connectivity index (χ4v) is 3.76. The number of Topliss-reactive ketones (excluding diaryl/α,β-unsaturated/α-hetero) is 1. The first-order chi connectivity index (χ1) is 9.81. The van der Waals surface area contributed by atoms with E-state index in [0.717, 1.165) is 32.3 Å². The van der Waals surface area contributed by atoms with Gasteiger partial charge in [0.05, 0.1) is 11.5 Å². The summed E-state index contributed by atoms with van der Waals surface area (Å²) in [6.45, 7) is 0.786. The van der Waals surface area contributed by atoms with Crippen molar-refractivity contribution in [2.75, 3.05) is 6.61 Å². The Labute approximate surface area is 121 Å². The van der Waals surface area contributed by atoms with E-state index in [1.807, 2.05) is 6.07 Å². The summed E-state index contributed by atoms with van der Waals surface area (Å²) in [6, 6.07) is 10.5. The smallest absolute Gasteiger partial charge is 0.144 e. The molecular weight excluding hydrogens is 248 g/mol. The fourth-order valence-electron chi connectivity index (χ4n) is 3.76. The van der Waals surface area contributed by atoms with Crippen LogP contribution in [0, 0.1) is 5.41 Å². The van der Waals surface area contributed by atoms with Gasteiger partial charge in [0.2, 0.25) is 0 Å². The summed E-state index contributed by atoms with van der Waals surface area (Å²) in [6.07, 6.45) is 8.81. The lowest BCUT2D eigenvalue weighted by Crippen LogP contribution is -2.56. The summed E-state index contributed by atoms with van der Waals surface area (Å²) in [4.78, 5) is 12.0. The Morgan fingerprint density at radius 2 is 1.85 bits per heavy atom. The standard InChI is InChI=1S/C18H24O2/c19-16-14-17(18(16)11-5-2-6-12-18)20-13-7-10-15-8-3-1-4-9-15/h1,3-4,8-9,17H,2,5-7,10-14H2. The molecule has 1 aromatic rings. The molecule has 108 valence electrons. The van der Waals surface area contributed by atoms with Gasteiger partial charge >= 0.3 is 0 Å². The monoisotopic (exact) mass is 272 g/mol. The molecule has 0 saturated heterocycles. The highest BCUT2D eigenvalue weighted by Crippen LogP contribution is 2.50. The number of ether oxygens (including phenoxy) is 1. The van der Waals surface area contributed by atoms with Gasteiger partial charge in [-0.2, -0.15) is 0 Å². The third-order valence-corrected chi connectivity index (χ3v) is 5.06. The Hall–Kier alpha value is -1.15. The number of hydrogen-bond donors (Lipinski definition) is 0. The molecule has 0 amide bonds. The minimum Gasteiger partial charge on any atom is -0.377 e. The summed E-state index contributed by atoms with van der Waals surface area (Å²) in [5, 5.41) is 0. The lowest BCUT2D eigenvalue weighted by Gasteiger charge is -2.49. The van der Waals surface area contributed by atoms with Crippen LogP contribution in [0.4, 0.5) is 0 Å². The molecule has 20 heavy (non-hydrogen) atoms. The summed E-state index contributed by atoms with van der Waals surface area (Å²) in [7, 11) is 0. The summed E-state index contributed by atoms with van der Waals surface area (Å²) in [5.74, 6) is 0.463. The van der Waals surface area contributed by atoms with E-state index in [1.54, 1.807) is 0 Å². The molecule has 2 fully saturated rings. The zero-order valence-electron chi connectivity index (χ0n) is 12.1. The molecule has 2 heteroatoms. The molecular formula is C18H24O2. The van der Waals surface area contributed by atoms with Crippen LogP contribution in [0.3, 0.4) is 0 Å². The number of benzene rings is 1. The quantitative estimate of drug-likeness (QED) is 0.759. The topological polar surface area (TPSA) is 26.3 Å². The second kappa shape index (κ2) is 6.09. The molecule has 2 saturated carbocycles. The Bertz CT molecular complexity index is 446. The maximum Gasteiger partial charge on any atom is 0.144 e. The molecule has 2 aliphatic carbocycles. The number of aryl methyl sites for hydroxylation is 1. The second-order valence-electron chi connectivity index (χ2n) is 6.29. The molecule has 1 spiro atoms. The van der Waals surface area contributed by atoms with Crippen LogP contribution < -0.4 is 0 Å². The summed E-state index contributed by atoms with van der Waals surface area (Å²) < 4.78 is 6.04. The van der Waals surface area contributed by atoms with Crippen LogP contribution >= 0.6 is 0 Å². The van der Waals surface area contributed by atoms with Crippen molar-refractivity contribution in [1.29, 1.82) is 0 Å². The lowest BCUT2D eigenvalue weighted by atomic mass is 9.57. The van der Waals surface area contributed by atoms with Crippen LogP contribution in [0.25, 0.3) is 0 Å². The number of carbonyl (C=O) groups is 1. The molecule has 0 aromatic heterocycles. The first-order valence-corrected chi connectivity index (χ1v) is 8.00. The summed E-state index contributed by atoms with van der Waals surface area (Å²) >= 11 is 0. The highest BCUT2D eigenvalue weighted by Gasteiger charge is 2.55. The summed E-state index contributed by atoms with van der Waals surface area (Å²) in [5.41, 5.74) is 1.29. The maximum absolute atomic E-state index is 12.0. The number of ketones is 1. The molecule has 0 radical (unpaired) electrons. The predicted molar refractivity (Wildman–Crippen MR) is 79.6 cm³/mol. The van der Waals surface area contributed by atoms with Crippen molar-refractivity contribution in [3.63, 3.8) is 0 Å². The number of carbonyl (C=O) groups excluding carboxylic acids is 1. The van der Waals surface area contributed by atoms with Crippen molar-refractivity contribution in [2.24, 2.45) is 5.41 Å². The average Bonchev–Trinajstić information content (AvgIpc) is 2.52. The van der Waals surface area contributed by atoms with Gasteiger partial charge in [-0.05, 0) is 31.2 Å². The number of rotatable bonds is 5. The van der Waals surface area contributed by atoms with Crippen molar-refractivity contribution in [3.8, 4) is 0 Å². The molecule has 1 unspecified atom stereocenters. The molecule has 2 nitrogen and oxygen atoms in total. The SMILES string of the molecule is O=C1CC(OCCCc2ccccc2)C12CCCCC2. The number of hydrogen-bond acceptors (Lipinski definition) is 2. The molecule has 2 aliphatic rings. The largest absolute Gasteiger partial charge is 0.377 e. The Balaban J connectivity index is 1.44. The van der Waals surface area contributed by atoms with Crippen molar-refractivity contribution in [3.05, 3.63) is 35.9 Å². The third kappa shape index (κ3) is 2.67. The molecule has 1 aromatic carbocycles. The predicted octanol–water partition coefficient (Wildman–Crippen LogP) is 3.93. The zero-order chi connectivity index (χ0) is 13.8. The van der Waals surface area contributed by atoms with Gasteiger partial charge in [-0.3, -0.25) is 4.79 Å². The van der Waals surface area contributed by atoms with Gasteiger partial charge in [-0.25, -0.2) is 0 Å². The van der Waals surface area contributed by atoms with E-state index in [4.69, 9.17) is 4.74 Å². The van der Waals surface area contributed by atoms with Crippen molar-refractivity contribution >= 4 is 5.78 Å². The Kier molecular flexibility index (Phi) is 4.21. The van der Waals surface area contributed by atoms with Crippen molar-refractivity contribution in [1.82, 2.24) is 0 Å². The van der Waals surface area contributed by atoms with E-state index in [-0.39, 0.29) is 11.5 Å². The first-order valence-electron chi connectivity index (χ1n) is 8.00. The van der Waals surface area contributed by atoms with Crippen LogP contribution in [0.5, 0.6) is 0 Å². The van der Waals surface area contributed by atoms with Gasteiger partial charge in [-0.15, -0.1) is 0 Å². The first kappa shape index (κ1) is 13.8. The van der Waals surface area contributed by atoms with Crippen molar-refractivity contribution < 1.29 is 9.53 Å². The van der Waals surface area contributed by atoms with Crippen LogP contribution in [-0.2, 0) is 16.0 Å². The van der Waals surface area contributed by atoms with Crippen molar-refractivity contribution in [2.45, 2.75) is 57.5 Å². The van der Waals surface area contributed by atoms with Crippen LogP contribution in [0.2, 0.25) is 0 Å². The normalized spacial score (nSPS) is 24.6. The highest BCUT2D eigenvalue weighted by atomic mass is 16.5. The zero-order valence-corrected chi connectivity index (χ0v) is 12.1. The Morgan fingerprint density at radius 1 is 1.10 bits per heavy atom. The average molecular weight is 272 g/mol. The van der Waals surface area contributed by atoms with E-state index >= 15 is 0 Å². The van der Waals surface area contributed by atoms with E-state index in [9.17, 15) is 4.79 Å². The van der Waals surface area contributed by atoms with Gasteiger partial charge in [-0.1, -0.05) is 49.6 Å². The third-order valence-electron chi connectivity index (χ3n) is 5.06. The highest BCUT2D eigenvalue weighted by molar-refractivity contribution is 5.92. The lowest BCUT2D eigenvalue weighted by molar-refractivity contribution is -0.169. The molecule has 0 heterocycles. The molecule has 0 aliphatic heterocycles. The van der Waals surface area contributed by atoms with Gasteiger partial charge in [0.15, 0.2) is 0 Å². The Morgan fingerprint density at radius 3 is 2.55 bits per heavy atom. The molecule has 3 rings (SSSR count). The minimum atomic E-state index is -0.0784. The van der Waals surface area contributed by atoms with Crippen LogP contribution in [-0.4, -0.2) is 18.5 Å². The molecule has 1 atom stereocenters. The second-order valence-corrected chi connectivity index (χ2v) is 6.29. The van der Waals surface area contributed by atoms with E-state index in [1.165, 1.54) is 24.8 Å². The van der Waals surface area contributed by atoms with E-state index in [2.05, 4.69) is 24.3 Å². The molecule has 0 N–H and O–H groups in total. The van der Waals surface area contributed by atoms with Gasteiger partial charge in [0.25, 0.3) is 0 Å². The van der Waals surface area contributed by atoms with Gasteiger partial charge in [0, 0.05) is 13.0 Å². The minimum absolute atomic E-state index is 0.0784. The molecule has 0 bridgehead atoms. The van der Waals surface area contributed by atoms with Crippen LogP contribution in [0.1, 0.15) is 50.5 Å². The van der Waals surface area contributed by atoms with E-state index in [0.29, 0.717) is 12.2 Å². The fraction of sp³-hybridized carbons (Fsp3) is 0.611. The van der Waals surface area contributed by atoms with E-state index < -0.39 is 0 Å². The van der Waals surface area contributed by atoms with Crippen LogP contribution in [0.15, 0.2) is 30.3 Å². The van der Waals surface area contributed by atoms with Gasteiger partial charge in [0.1, 0.15) is 5.78 Å². The maximum atomic E-state index is 12.0. The van der Waals surface area contributed by atoms with Gasteiger partial charge < -0.3 is 4.74 Å².